The summed E-state index contributed by atoms with van der Waals surface area (Å²) in [5.74, 6) is 1.26. The zero-order chi connectivity index (χ0) is 60.8. The molecule has 0 saturated heterocycles. The van der Waals surface area contributed by atoms with E-state index < -0.39 is 30.7 Å². The van der Waals surface area contributed by atoms with E-state index in [0.29, 0.717) is 210 Å². The SMILES string of the molecule is Cc1ccc(OCCOCCOCCOCCOCCOCCOCCOCCOCCC(Cc2ccccc2)S(=O)(=O)[O-])c(OCCOCCOCCOCCOCCOCCOCCOCCOCCC(Cc2ccccc2)S(=O)(=O)[O-])c1.[K+].[K+]. The topological polar surface area (TPSA) is 281 Å². The van der Waals surface area contributed by atoms with Gasteiger partial charge >= 0.3 is 103 Å². The van der Waals surface area contributed by atoms with Gasteiger partial charge in [0.1, 0.15) is 13.2 Å². The molecule has 2 unspecified atom stereocenters. The summed E-state index contributed by atoms with van der Waals surface area (Å²) in [7, 11) is -8.86. The van der Waals surface area contributed by atoms with Crippen molar-refractivity contribution >= 4 is 20.2 Å². The Morgan fingerprint density at radius 2 is 0.517 bits per heavy atom. The van der Waals surface area contributed by atoms with E-state index in [1.807, 2.05) is 61.5 Å². The molecule has 0 heterocycles. The predicted octanol–water partition coefficient (Wildman–Crippen LogP) is -1.88. The Hall–Kier alpha value is -0.287. The number of hydrogen-bond donors (Lipinski definition) is 0. The quantitative estimate of drug-likeness (QED) is 0.0340. The average Bonchev–Trinajstić information content (AvgIpc) is 3.68. The molecule has 3 rings (SSSR count). The molecule has 0 aliphatic heterocycles. The summed E-state index contributed by atoms with van der Waals surface area (Å²) in [6.45, 7) is 15.3. The Kier molecular flexibility index (Phi) is 57.9. The third-order valence-electron chi connectivity index (χ3n) is 11.9. The van der Waals surface area contributed by atoms with Crippen molar-refractivity contribution in [1.29, 1.82) is 0 Å². The van der Waals surface area contributed by atoms with Crippen molar-refractivity contribution in [3.8, 4) is 11.5 Å². The summed E-state index contributed by atoms with van der Waals surface area (Å²) in [5, 5.41) is -2.06. The largest absolute Gasteiger partial charge is 1.00 e. The molecule has 0 aliphatic rings. The molecule has 0 bridgehead atoms. The van der Waals surface area contributed by atoms with E-state index in [-0.39, 0.29) is 155 Å². The minimum absolute atomic E-state index is 0. The monoisotopic (exact) mass is 1330 g/mol. The molecular weight excluding hydrogens is 1230 g/mol. The number of hydrogen-bond acceptors (Lipinski definition) is 24. The normalized spacial score (nSPS) is 12.4. The summed E-state index contributed by atoms with van der Waals surface area (Å²) in [4.78, 5) is 0. The third kappa shape index (κ3) is 50.8. The minimum atomic E-state index is -4.43. The molecular formula is C59H94K2O24S2. The number of ether oxygens (including phenoxy) is 18. The van der Waals surface area contributed by atoms with Gasteiger partial charge in [0.15, 0.2) is 11.5 Å². The minimum Gasteiger partial charge on any atom is -0.748 e. The first-order valence-electron chi connectivity index (χ1n) is 29.1. The summed E-state index contributed by atoms with van der Waals surface area (Å²) in [5.41, 5.74) is 2.64. The molecule has 488 valence electrons. The zero-order valence-corrected chi connectivity index (χ0v) is 59.5. The van der Waals surface area contributed by atoms with Crippen molar-refractivity contribution in [3.63, 3.8) is 0 Å². The van der Waals surface area contributed by atoms with Crippen LogP contribution < -0.4 is 112 Å². The van der Waals surface area contributed by atoms with Crippen molar-refractivity contribution in [2.24, 2.45) is 0 Å². The molecule has 2 atom stereocenters. The number of rotatable bonds is 62. The van der Waals surface area contributed by atoms with Gasteiger partial charge in [0, 0.05) is 13.2 Å². The van der Waals surface area contributed by atoms with E-state index in [1.54, 1.807) is 24.3 Å². The number of benzene rings is 3. The maximum atomic E-state index is 11.6. The van der Waals surface area contributed by atoms with Gasteiger partial charge in [0.25, 0.3) is 0 Å². The summed E-state index contributed by atoms with van der Waals surface area (Å²) < 4.78 is 170. The molecule has 0 aromatic heterocycles. The first-order chi connectivity index (χ1) is 41.5. The molecule has 0 fully saturated rings. The van der Waals surface area contributed by atoms with Crippen molar-refractivity contribution < 1.29 is 214 Å². The van der Waals surface area contributed by atoms with Crippen LogP contribution in [-0.4, -0.2) is 261 Å². The summed E-state index contributed by atoms with van der Waals surface area (Å²) in [6, 6.07) is 23.9. The van der Waals surface area contributed by atoms with Crippen molar-refractivity contribution in [1.82, 2.24) is 0 Å². The van der Waals surface area contributed by atoms with Crippen LogP contribution in [0, 0.1) is 6.92 Å². The van der Waals surface area contributed by atoms with Gasteiger partial charge in [-0.25, -0.2) is 16.8 Å². The molecule has 28 heteroatoms. The zero-order valence-electron chi connectivity index (χ0n) is 51.6. The smallest absolute Gasteiger partial charge is 0.748 e. The van der Waals surface area contributed by atoms with Crippen molar-refractivity contribution in [2.45, 2.75) is 43.1 Å². The average molecular weight is 1330 g/mol. The fraction of sp³-hybridized carbons (Fsp3) is 0.695. The van der Waals surface area contributed by atoms with Crippen LogP contribution in [0.25, 0.3) is 0 Å². The van der Waals surface area contributed by atoms with E-state index in [1.165, 1.54) is 0 Å². The van der Waals surface area contributed by atoms with Crippen LogP contribution >= 0.6 is 0 Å². The molecule has 0 spiro atoms. The molecule has 87 heavy (non-hydrogen) atoms. The standard InChI is InChI=1S/C59H96O24S2.2K/c1-53-12-13-58(82-48-46-80-44-42-78-40-38-76-36-34-74-32-30-72-28-26-70-24-22-68-20-18-66-16-14-56(84(60,61)62)51-54-8-4-2-5-9-54)59(50-53)83-49-47-81-45-43-79-41-39-77-37-35-75-33-31-73-29-27-71-25-23-69-21-19-67-17-15-57(85(63,64)65)52-55-10-6-3-7-11-55;;/h2-13,50,56-57H,14-49,51-52H2,1H3,(H,60,61,62)(H,63,64,65);;/q;2*+1/p-2. The Morgan fingerprint density at radius 3 is 0.759 bits per heavy atom. The second-order valence-electron chi connectivity index (χ2n) is 18.6. The number of aryl methyl sites for hydroxylation is 1. The molecule has 3 aromatic rings. The molecule has 0 radical (unpaired) electrons. The fourth-order valence-corrected chi connectivity index (χ4v) is 8.99. The molecule has 0 amide bonds. The van der Waals surface area contributed by atoms with Gasteiger partial charge in [-0.3, -0.25) is 0 Å². The third-order valence-corrected chi connectivity index (χ3v) is 14.3. The van der Waals surface area contributed by atoms with Gasteiger partial charge in [-0.1, -0.05) is 66.7 Å². The molecule has 3 aromatic carbocycles. The van der Waals surface area contributed by atoms with Gasteiger partial charge in [0.2, 0.25) is 0 Å². The van der Waals surface area contributed by atoms with Gasteiger partial charge in [-0.05, 0) is 61.4 Å². The maximum Gasteiger partial charge on any atom is 1.00 e. The van der Waals surface area contributed by atoms with E-state index in [0.717, 1.165) is 16.7 Å². The molecule has 0 saturated carbocycles. The second-order valence-corrected chi connectivity index (χ2v) is 21.9. The first-order valence-corrected chi connectivity index (χ1v) is 32.0. The summed E-state index contributed by atoms with van der Waals surface area (Å²) >= 11 is 0. The summed E-state index contributed by atoms with van der Waals surface area (Å²) in [6.07, 6.45) is 0.577. The maximum absolute atomic E-state index is 11.6. The van der Waals surface area contributed by atoms with Gasteiger partial charge in [-0.15, -0.1) is 0 Å². The molecule has 0 N–H and O–H groups in total. The van der Waals surface area contributed by atoms with Crippen LogP contribution in [0.4, 0.5) is 0 Å². The Balaban J connectivity index is 0.0000189. The van der Waals surface area contributed by atoms with Crippen LogP contribution in [0.15, 0.2) is 78.9 Å². The Morgan fingerprint density at radius 1 is 0.299 bits per heavy atom. The van der Waals surface area contributed by atoms with Gasteiger partial charge < -0.3 is 94.4 Å². The van der Waals surface area contributed by atoms with Crippen LogP contribution in [0.5, 0.6) is 11.5 Å². The van der Waals surface area contributed by atoms with E-state index in [4.69, 9.17) is 85.3 Å². The molecule has 0 aliphatic carbocycles. The van der Waals surface area contributed by atoms with Crippen LogP contribution in [-0.2, 0) is 109 Å². The second kappa shape index (κ2) is 59.5. The van der Waals surface area contributed by atoms with Crippen LogP contribution in [0.3, 0.4) is 0 Å². The Bertz CT molecular complexity index is 2210. The van der Waals surface area contributed by atoms with Crippen LogP contribution in [0.2, 0.25) is 0 Å². The van der Waals surface area contributed by atoms with Crippen molar-refractivity contribution in [2.75, 3.05) is 225 Å². The van der Waals surface area contributed by atoms with Crippen LogP contribution in [0.1, 0.15) is 29.5 Å². The van der Waals surface area contributed by atoms with E-state index >= 15 is 0 Å². The Labute approximate surface area is 602 Å². The van der Waals surface area contributed by atoms with E-state index in [9.17, 15) is 25.9 Å². The van der Waals surface area contributed by atoms with Crippen molar-refractivity contribution in [3.05, 3.63) is 95.6 Å². The van der Waals surface area contributed by atoms with Gasteiger partial charge in [0.05, 0.1) is 229 Å². The first kappa shape index (κ1) is 84.7. The van der Waals surface area contributed by atoms with E-state index in [2.05, 4.69) is 0 Å². The predicted molar refractivity (Wildman–Crippen MR) is 312 cm³/mol. The fourth-order valence-electron chi connectivity index (χ4n) is 7.43. The molecule has 24 nitrogen and oxygen atoms in total. The van der Waals surface area contributed by atoms with Gasteiger partial charge in [-0.2, -0.15) is 0 Å².